The van der Waals surface area contributed by atoms with Crippen LogP contribution in [-0.4, -0.2) is 34.0 Å². The van der Waals surface area contributed by atoms with Gasteiger partial charge in [0.2, 0.25) is 0 Å². The van der Waals surface area contributed by atoms with Crippen LogP contribution in [0.1, 0.15) is 80.4 Å². The average Bonchev–Trinajstić information content (AvgIpc) is 3.34. The maximum Gasteiger partial charge on any atom is 0.342 e. The molecule has 0 unspecified atom stereocenters. The number of hydrogen-bond acceptors (Lipinski definition) is 6. The fourth-order valence-electron chi connectivity index (χ4n) is 4.63. The minimum absolute atomic E-state index is 0.0353. The fraction of sp³-hybridized carbons (Fsp3) is 0.630. The van der Waals surface area contributed by atoms with E-state index in [9.17, 15) is 9.59 Å². The molecule has 1 atom stereocenters. The van der Waals surface area contributed by atoms with E-state index in [1.54, 1.807) is 7.11 Å². The van der Waals surface area contributed by atoms with Crippen molar-refractivity contribution in [3.63, 3.8) is 0 Å². The summed E-state index contributed by atoms with van der Waals surface area (Å²) in [4.78, 5) is 24.9. The van der Waals surface area contributed by atoms with Gasteiger partial charge in [-0.15, -0.1) is 0 Å². The van der Waals surface area contributed by atoms with Crippen LogP contribution in [-0.2, 0) is 27.3 Å². The van der Waals surface area contributed by atoms with Gasteiger partial charge in [-0.05, 0) is 69.1 Å². The highest BCUT2D eigenvalue weighted by Crippen LogP contribution is 2.47. The minimum atomic E-state index is -2.25. The first-order valence-corrected chi connectivity index (χ1v) is 15.2. The van der Waals surface area contributed by atoms with Gasteiger partial charge in [-0.1, -0.05) is 32.4 Å². The van der Waals surface area contributed by atoms with Crippen LogP contribution in [0.3, 0.4) is 0 Å². The number of ether oxygens (including phenoxy) is 3. The molecule has 188 valence electrons. The van der Waals surface area contributed by atoms with E-state index in [0.29, 0.717) is 30.8 Å². The topological polar surface area (TPSA) is 71.1 Å². The summed E-state index contributed by atoms with van der Waals surface area (Å²) in [5, 5.41) is -0.0353. The summed E-state index contributed by atoms with van der Waals surface area (Å²) < 4.78 is 23.3. The Hall–Kier alpha value is -2.28. The third-order valence-electron chi connectivity index (χ3n) is 7.62. The van der Waals surface area contributed by atoms with Crippen LogP contribution in [0.4, 0.5) is 0 Å². The van der Waals surface area contributed by atoms with Gasteiger partial charge in [-0.3, -0.25) is 4.79 Å². The smallest absolute Gasteiger partial charge is 0.342 e. The lowest BCUT2D eigenvalue weighted by molar-refractivity contribution is -0.143. The van der Waals surface area contributed by atoms with Gasteiger partial charge in [0.15, 0.2) is 0 Å². The molecule has 0 aromatic heterocycles. The number of rotatable bonds is 8. The van der Waals surface area contributed by atoms with Crippen LogP contribution in [0, 0.1) is 12.8 Å². The van der Waals surface area contributed by atoms with Gasteiger partial charge < -0.3 is 18.6 Å². The number of esters is 2. The van der Waals surface area contributed by atoms with Gasteiger partial charge in [0.25, 0.3) is 8.32 Å². The first kappa shape index (κ1) is 26.3. The van der Waals surface area contributed by atoms with Crippen molar-refractivity contribution in [3.8, 4) is 11.5 Å². The molecule has 0 spiro atoms. The Balaban J connectivity index is 2.06. The van der Waals surface area contributed by atoms with E-state index in [2.05, 4.69) is 39.9 Å². The summed E-state index contributed by atoms with van der Waals surface area (Å²) in [6.07, 6.45) is 6.22. The van der Waals surface area contributed by atoms with Crippen molar-refractivity contribution in [1.82, 2.24) is 0 Å². The van der Waals surface area contributed by atoms with Crippen LogP contribution in [0.25, 0.3) is 0 Å². The van der Waals surface area contributed by atoms with Gasteiger partial charge in [0.05, 0.1) is 20.1 Å². The Bertz CT molecular complexity index is 986. The summed E-state index contributed by atoms with van der Waals surface area (Å²) in [6, 6.07) is 0. The number of cyclic esters (lactones) is 1. The first-order chi connectivity index (χ1) is 15.9. The van der Waals surface area contributed by atoms with Crippen LogP contribution < -0.4 is 9.16 Å². The lowest BCUT2D eigenvalue weighted by Gasteiger charge is -2.37. The second kappa shape index (κ2) is 10.1. The summed E-state index contributed by atoms with van der Waals surface area (Å²) in [6.45, 7) is 15.4. The van der Waals surface area contributed by atoms with Crippen molar-refractivity contribution in [2.75, 3.05) is 13.7 Å². The Morgan fingerprint density at radius 3 is 2.56 bits per heavy atom. The van der Waals surface area contributed by atoms with E-state index < -0.39 is 8.32 Å². The molecule has 1 aliphatic carbocycles. The Labute approximate surface area is 205 Å². The predicted octanol–water partition coefficient (Wildman–Crippen LogP) is 6.28. The molecule has 1 saturated carbocycles. The predicted molar refractivity (Wildman–Crippen MR) is 135 cm³/mol. The second-order valence-electron chi connectivity index (χ2n) is 10.8. The van der Waals surface area contributed by atoms with Crippen molar-refractivity contribution < 1.29 is 28.2 Å². The summed E-state index contributed by atoms with van der Waals surface area (Å²) >= 11 is 0. The molecule has 34 heavy (non-hydrogen) atoms. The lowest BCUT2D eigenvalue weighted by atomic mass is 9.93. The van der Waals surface area contributed by atoms with Gasteiger partial charge in [-0.2, -0.15) is 0 Å². The molecule has 2 aliphatic rings. The molecule has 0 amide bonds. The second-order valence-corrected chi connectivity index (χ2v) is 15.6. The zero-order valence-corrected chi connectivity index (χ0v) is 23.1. The summed E-state index contributed by atoms with van der Waals surface area (Å²) in [5.74, 6) is 1.10. The fourth-order valence-corrected chi connectivity index (χ4v) is 5.67. The highest BCUT2D eigenvalue weighted by molar-refractivity contribution is 6.74. The van der Waals surface area contributed by atoms with Crippen LogP contribution in [0.2, 0.25) is 18.1 Å². The SMILES string of the molecule is CCOC(=O)C[C@@H]1CCC/C1=C\Cc1c(OC)c(C)c2c(c1O[Si](C)(C)C(C)(C)C)C(=O)OC2. The van der Waals surface area contributed by atoms with Crippen LogP contribution in [0.15, 0.2) is 11.6 Å². The zero-order chi connectivity index (χ0) is 25.3. The van der Waals surface area contributed by atoms with E-state index in [4.69, 9.17) is 18.6 Å². The molecule has 0 saturated heterocycles. The quantitative estimate of drug-likeness (QED) is 0.244. The molecule has 1 heterocycles. The summed E-state index contributed by atoms with van der Waals surface area (Å²) in [5.41, 5.74) is 4.48. The molecule has 6 nitrogen and oxygen atoms in total. The molecule has 1 aliphatic heterocycles. The maximum absolute atomic E-state index is 12.8. The molecule has 3 rings (SSSR count). The van der Waals surface area contributed by atoms with E-state index in [1.165, 1.54) is 5.57 Å². The number of allylic oxidation sites excluding steroid dienone is 2. The van der Waals surface area contributed by atoms with Gasteiger partial charge in [0.1, 0.15) is 23.7 Å². The first-order valence-electron chi connectivity index (χ1n) is 12.3. The monoisotopic (exact) mass is 488 g/mol. The van der Waals surface area contributed by atoms with Gasteiger partial charge in [0, 0.05) is 11.1 Å². The maximum atomic E-state index is 12.8. The highest BCUT2D eigenvalue weighted by atomic mass is 28.4. The van der Waals surface area contributed by atoms with E-state index in [1.807, 2.05) is 13.8 Å². The average molecular weight is 489 g/mol. The van der Waals surface area contributed by atoms with Crippen molar-refractivity contribution in [2.24, 2.45) is 5.92 Å². The zero-order valence-electron chi connectivity index (χ0n) is 22.1. The molecule has 1 aromatic carbocycles. The number of fused-ring (bicyclic) bond motifs is 1. The van der Waals surface area contributed by atoms with E-state index >= 15 is 0 Å². The number of carbonyl (C=O) groups excluding carboxylic acids is 2. The van der Waals surface area contributed by atoms with Gasteiger partial charge in [-0.25, -0.2) is 4.79 Å². The largest absolute Gasteiger partial charge is 0.543 e. The summed E-state index contributed by atoms with van der Waals surface area (Å²) in [7, 11) is -0.588. The molecule has 1 aromatic rings. The standard InChI is InChI=1S/C27H40O6Si/c1-9-31-22(28)15-19-12-10-11-18(19)13-14-20-24(30-6)17(2)21-16-32-26(29)23(21)25(20)33-34(7,8)27(3,4)5/h13,19H,9-12,14-16H2,1-8H3/b18-13+/t19-/m0/s1. The Morgan fingerprint density at radius 1 is 1.24 bits per heavy atom. The van der Waals surface area contributed by atoms with E-state index in [0.717, 1.165) is 41.7 Å². The van der Waals surface area contributed by atoms with Crippen molar-refractivity contribution in [2.45, 2.75) is 91.5 Å². The third-order valence-corrected chi connectivity index (χ3v) is 11.9. The molecule has 0 radical (unpaired) electrons. The van der Waals surface area contributed by atoms with Gasteiger partial charge >= 0.3 is 11.9 Å². The van der Waals surface area contributed by atoms with Crippen LogP contribution in [0.5, 0.6) is 11.5 Å². The number of carbonyl (C=O) groups is 2. The number of methoxy groups -OCH3 is 1. The van der Waals surface area contributed by atoms with Crippen molar-refractivity contribution in [1.29, 1.82) is 0 Å². The highest BCUT2D eigenvalue weighted by Gasteiger charge is 2.42. The molecule has 1 fully saturated rings. The van der Waals surface area contributed by atoms with E-state index in [-0.39, 0.29) is 29.5 Å². The minimum Gasteiger partial charge on any atom is -0.543 e. The third kappa shape index (κ3) is 5.19. The number of hydrogen-bond donors (Lipinski definition) is 0. The molecule has 7 heteroatoms. The molecule has 0 N–H and O–H groups in total. The molecular weight excluding hydrogens is 448 g/mol. The Kier molecular flexibility index (Phi) is 7.85. The Morgan fingerprint density at radius 2 is 1.94 bits per heavy atom. The van der Waals surface area contributed by atoms with Crippen molar-refractivity contribution in [3.05, 3.63) is 33.9 Å². The lowest BCUT2D eigenvalue weighted by Crippen LogP contribution is -2.44. The van der Waals surface area contributed by atoms with Crippen LogP contribution >= 0.6 is 0 Å². The number of benzene rings is 1. The molecular formula is C27H40O6Si. The molecule has 0 bridgehead atoms. The van der Waals surface area contributed by atoms with Crippen molar-refractivity contribution >= 4 is 20.3 Å². The normalized spacial score (nSPS) is 19.2.